The molecule has 2 rings (SSSR count). The van der Waals surface area contributed by atoms with E-state index in [9.17, 15) is 13.2 Å². The van der Waals surface area contributed by atoms with E-state index in [1.165, 1.54) is 6.08 Å². The Kier molecular flexibility index (Phi) is 11.1. The number of carbonyl (C=O) groups is 1. The van der Waals surface area contributed by atoms with Crippen LogP contribution < -0.4 is 11.5 Å². The maximum atomic E-state index is 12.7. The average molecular weight is 510 g/mol. The van der Waals surface area contributed by atoms with Gasteiger partial charge in [0.05, 0.1) is 18.2 Å². The highest BCUT2D eigenvalue weighted by Gasteiger charge is 2.45. The number of anilines is 2. The van der Waals surface area contributed by atoms with Gasteiger partial charge in [-0.25, -0.2) is 8.42 Å². The summed E-state index contributed by atoms with van der Waals surface area (Å²) in [6, 6.07) is 7.09. The highest BCUT2D eigenvalue weighted by atomic mass is 35.5. The number of aliphatic hydroxyl groups excluding tert-OH is 2. The second-order valence-electron chi connectivity index (χ2n) is 6.38. The number of halogens is 2. The Labute approximate surface area is 195 Å². The average Bonchev–Trinajstić information content (AvgIpc) is 2.73. The van der Waals surface area contributed by atoms with Gasteiger partial charge in [0.25, 0.3) is 0 Å². The molecule has 0 heterocycles. The van der Waals surface area contributed by atoms with Gasteiger partial charge in [-0.15, -0.1) is 0 Å². The van der Waals surface area contributed by atoms with Gasteiger partial charge in [-0.2, -0.15) is 14.5 Å². The van der Waals surface area contributed by atoms with Gasteiger partial charge in [-0.3, -0.25) is 4.79 Å². The number of nitrogens with two attached hydrogens (primary N) is 2. The zero-order chi connectivity index (χ0) is 24.4. The quantitative estimate of drug-likeness (QED) is 0.187. The van der Waals surface area contributed by atoms with E-state index < -0.39 is 40.0 Å². The van der Waals surface area contributed by atoms with Crippen LogP contribution in [0.4, 0.5) is 11.4 Å². The summed E-state index contributed by atoms with van der Waals surface area (Å²) in [5, 5.41) is 33.6. The number of carboxylic acid groups (broad SMARTS) is 1. The number of carboxylic acids is 1. The monoisotopic (exact) mass is 509 g/mol. The first kappa shape index (κ1) is 27.8. The molecular weight excluding hydrogens is 485 g/mol. The Balaban J connectivity index is 0.000000533. The van der Waals surface area contributed by atoms with Gasteiger partial charge in [0.2, 0.25) is 10.0 Å². The lowest BCUT2D eigenvalue weighted by Gasteiger charge is -2.32. The van der Waals surface area contributed by atoms with Gasteiger partial charge in [-0.05, 0) is 30.3 Å². The molecule has 0 saturated carbocycles. The number of alkyl halides is 1. The second-order valence-corrected chi connectivity index (χ2v) is 9.88. The highest BCUT2D eigenvalue weighted by molar-refractivity contribution is 7.92. The molecule has 0 saturated heterocycles. The van der Waals surface area contributed by atoms with E-state index in [1.54, 1.807) is 24.3 Å². The van der Waals surface area contributed by atoms with Crippen LogP contribution in [0.1, 0.15) is 6.42 Å². The van der Waals surface area contributed by atoms with Gasteiger partial charge < -0.3 is 26.8 Å². The Morgan fingerprint density at radius 3 is 2.06 bits per heavy atom. The molecule has 0 spiro atoms. The van der Waals surface area contributed by atoms with Crippen molar-refractivity contribution in [1.82, 2.24) is 4.31 Å². The van der Waals surface area contributed by atoms with E-state index >= 15 is 0 Å². The number of nitrogen functional groups attached to an aromatic ring is 2. The number of sulfonamides is 1. The van der Waals surface area contributed by atoms with Crippen molar-refractivity contribution in [1.29, 1.82) is 0 Å². The minimum absolute atomic E-state index is 0.0734. The number of aliphatic carboxylic acids is 1. The number of azo groups is 1. The first-order valence-corrected chi connectivity index (χ1v) is 11.4. The zero-order valence-electron chi connectivity index (χ0n) is 16.9. The topological polar surface area (TPSA) is 192 Å². The molecule has 1 aromatic rings. The summed E-state index contributed by atoms with van der Waals surface area (Å²) in [5.41, 5.74) is 12.2. The molecule has 1 unspecified atom stereocenters. The molecule has 178 valence electrons. The third kappa shape index (κ3) is 8.04. The maximum Gasteiger partial charge on any atom is 0.327 e. The predicted molar refractivity (Wildman–Crippen MR) is 123 cm³/mol. The van der Waals surface area contributed by atoms with Crippen LogP contribution in [0.5, 0.6) is 0 Å². The smallest absolute Gasteiger partial charge is 0.327 e. The van der Waals surface area contributed by atoms with Crippen molar-refractivity contribution in [3.05, 3.63) is 47.1 Å². The summed E-state index contributed by atoms with van der Waals surface area (Å²) in [6.45, 7) is -1.98. The van der Waals surface area contributed by atoms with Gasteiger partial charge in [0.1, 0.15) is 5.70 Å². The first-order valence-electron chi connectivity index (χ1n) is 9.16. The van der Waals surface area contributed by atoms with Crippen LogP contribution in [0, 0.1) is 0 Å². The standard InChI is InChI=1S/C12H17Cl2N3O6S.C6H8N2/c13-9-1-2-12(14,7-10(9)16-15-8-11(20)21)24(22,23)17(3-5-18)4-6-19;7-5-1-2-6(8)4-3-5/h1,7,18-19H,2-6,8H2,(H,20,21);1-4H,7-8H2. The van der Waals surface area contributed by atoms with Crippen LogP contribution in [-0.2, 0) is 14.8 Å². The molecule has 0 amide bonds. The molecule has 1 atom stereocenters. The summed E-state index contributed by atoms with van der Waals surface area (Å²) in [7, 11) is -4.16. The number of nitrogens with zero attached hydrogens (tertiary/aromatic N) is 3. The number of hydrogen-bond donors (Lipinski definition) is 5. The minimum atomic E-state index is -4.16. The van der Waals surface area contributed by atoms with Crippen molar-refractivity contribution >= 4 is 50.6 Å². The van der Waals surface area contributed by atoms with Crippen LogP contribution in [0.25, 0.3) is 0 Å². The SMILES string of the molecule is Nc1ccc(N)cc1.O=C(O)CN=NC1=CC(Cl)(S(=O)(=O)N(CCO)CCO)CC=C1Cl. The van der Waals surface area contributed by atoms with Crippen LogP contribution in [0.2, 0.25) is 0 Å². The van der Waals surface area contributed by atoms with Gasteiger partial charge in [0.15, 0.2) is 10.8 Å². The molecule has 0 aromatic heterocycles. The first-order chi connectivity index (χ1) is 15.0. The van der Waals surface area contributed by atoms with E-state index in [0.717, 1.165) is 21.8 Å². The zero-order valence-corrected chi connectivity index (χ0v) is 19.3. The van der Waals surface area contributed by atoms with Crippen molar-refractivity contribution < 1.29 is 28.5 Å². The van der Waals surface area contributed by atoms with Gasteiger partial charge in [-0.1, -0.05) is 29.3 Å². The van der Waals surface area contributed by atoms with Crippen molar-refractivity contribution in [3.63, 3.8) is 0 Å². The van der Waals surface area contributed by atoms with Crippen molar-refractivity contribution in [2.45, 2.75) is 10.6 Å². The Morgan fingerprint density at radius 2 is 1.62 bits per heavy atom. The maximum absolute atomic E-state index is 12.7. The fraction of sp³-hybridized carbons (Fsp3) is 0.389. The third-order valence-electron chi connectivity index (χ3n) is 3.94. The van der Waals surface area contributed by atoms with E-state index in [0.29, 0.717) is 0 Å². The lowest BCUT2D eigenvalue weighted by atomic mass is 10.1. The fourth-order valence-corrected chi connectivity index (χ4v) is 4.65. The molecule has 0 fully saturated rings. The minimum Gasteiger partial charge on any atom is -0.480 e. The second kappa shape index (κ2) is 12.7. The van der Waals surface area contributed by atoms with E-state index in [2.05, 4.69) is 10.2 Å². The molecule has 1 aromatic carbocycles. The molecule has 1 aliphatic carbocycles. The number of allylic oxidation sites excluding steroid dienone is 2. The van der Waals surface area contributed by atoms with Gasteiger partial charge >= 0.3 is 5.97 Å². The summed E-state index contributed by atoms with van der Waals surface area (Å²) < 4.78 is 24.3. The van der Waals surface area contributed by atoms with Crippen molar-refractivity contribution in [3.8, 4) is 0 Å². The largest absolute Gasteiger partial charge is 0.480 e. The fourth-order valence-electron chi connectivity index (χ4n) is 2.38. The number of aliphatic hydroxyl groups is 2. The Hall–Kier alpha value is -2.22. The lowest BCUT2D eigenvalue weighted by molar-refractivity contribution is -0.135. The summed E-state index contributed by atoms with van der Waals surface area (Å²) >= 11 is 12.2. The molecule has 1 aliphatic rings. The third-order valence-corrected chi connectivity index (χ3v) is 7.33. The molecule has 32 heavy (non-hydrogen) atoms. The molecule has 0 aliphatic heterocycles. The van der Waals surface area contributed by atoms with E-state index in [4.69, 9.17) is 50.0 Å². The van der Waals surface area contributed by atoms with Crippen LogP contribution >= 0.6 is 23.2 Å². The predicted octanol–water partition coefficient (Wildman–Crippen LogP) is 1.34. The van der Waals surface area contributed by atoms with Crippen LogP contribution in [0.15, 0.2) is 57.4 Å². The Bertz CT molecular complexity index is 942. The normalized spacial score (nSPS) is 18.7. The number of benzene rings is 1. The van der Waals surface area contributed by atoms with Gasteiger partial charge in [0, 0.05) is 30.9 Å². The van der Waals surface area contributed by atoms with Crippen LogP contribution in [-0.4, -0.2) is 71.1 Å². The van der Waals surface area contributed by atoms with E-state index in [1.807, 2.05) is 0 Å². The molecule has 0 bridgehead atoms. The summed E-state index contributed by atoms with van der Waals surface area (Å²) in [5.74, 6) is -1.21. The summed E-state index contributed by atoms with van der Waals surface area (Å²) in [6.07, 6.45) is 2.23. The van der Waals surface area contributed by atoms with Crippen molar-refractivity contribution in [2.75, 3.05) is 44.3 Å². The molecule has 14 heteroatoms. The molecule has 0 radical (unpaired) electrons. The Morgan fingerprint density at radius 1 is 1.12 bits per heavy atom. The molecular formula is C18H25Cl2N5O6S. The lowest BCUT2D eigenvalue weighted by Crippen LogP contribution is -2.46. The highest BCUT2D eigenvalue weighted by Crippen LogP contribution is 2.39. The summed E-state index contributed by atoms with van der Waals surface area (Å²) in [4.78, 5) is 10.4. The molecule has 7 N–H and O–H groups in total. The number of rotatable bonds is 9. The number of hydrogen-bond acceptors (Lipinski definition) is 9. The van der Waals surface area contributed by atoms with E-state index in [-0.39, 0.29) is 30.2 Å². The molecule has 11 nitrogen and oxygen atoms in total. The van der Waals surface area contributed by atoms with Crippen LogP contribution in [0.3, 0.4) is 0 Å². The van der Waals surface area contributed by atoms with Crippen molar-refractivity contribution in [2.24, 2.45) is 10.2 Å².